The summed E-state index contributed by atoms with van der Waals surface area (Å²) in [6.07, 6.45) is -3.81. The van der Waals surface area contributed by atoms with Crippen LogP contribution in [0.1, 0.15) is 5.56 Å². The van der Waals surface area contributed by atoms with E-state index in [0.717, 1.165) is 22.9 Å². The van der Waals surface area contributed by atoms with Crippen LogP contribution in [-0.2, 0) is 6.18 Å². The summed E-state index contributed by atoms with van der Waals surface area (Å²) >= 11 is 11.6. The van der Waals surface area contributed by atoms with Crippen LogP contribution in [0.5, 0.6) is 0 Å². The second kappa shape index (κ2) is 6.62. The molecule has 118 valence electrons. The lowest BCUT2D eigenvalue weighted by atomic mass is 10.2. The zero-order valence-electron chi connectivity index (χ0n) is 11.1. The molecule has 2 rings (SSSR count). The Morgan fingerprint density at radius 2 is 1.91 bits per heavy atom. The molecule has 0 saturated carbocycles. The molecule has 1 heterocycles. The number of aromatic nitrogens is 1. The largest absolute Gasteiger partial charge is 0.417 e. The van der Waals surface area contributed by atoms with Crippen LogP contribution >= 0.6 is 23.2 Å². The summed E-state index contributed by atoms with van der Waals surface area (Å²) < 4.78 is 39.1. The van der Waals surface area contributed by atoms with E-state index < -0.39 is 17.3 Å². The zero-order valence-corrected chi connectivity index (χ0v) is 12.6. The molecule has 0 radical (unpaired) electrons. The number of nitrogens with one attached hydrogen (secondary N) is 1. The van der Waals surface area contributed by atoms with Crippen molar-refractivity contribution in [2.75, 3.05) is 17.7 Å². The summed E-state index contributed by atoms with van der Waals surface area (Å²) in [5.41, 5.74) is -0.688. The molecule has 0 aliphatic rings. The van der Waals surface area contributed by atoms with Gasteiger partial charge in [-0.05, 0) is 24.3 Å². The van der Waals surface area contributed by atoms with Gasteiger partial charge in [-0.15, -0.1) is 11.6 Å². The molecule has 1 aromatic heterocycles. The van der Waals surface area contributed by atoms with Gasteiger partial charge in [-0.3, -0.25) is 9.36 Å². The molecule has 2 aromatic rings. The number of halogens is 5. The minimum atomic E-state index is -4.54. The smallest absolute Gasteiger partial charge is 0.384 e. The highest BCUT2D eigenvalue weighted by molar-refractivity contribution is 6.32. The molecule has 0 amide bonds. The molecule has 1 N–H and O–H groups in total. The fraction of sp³-hybridized carbons (Fsp3) is 0.214. The monoisotopic (exact) mass is 350 g/mol. The van der Waals surface area contributed by atoms with Gasteiger partial charge in [0.25, 0.3) is 5.56 Å². The lowest BCUT2D eigenvalue weighted by molar-refractivity contribution is -0.138. The maximum Gasteiger partial charge on any atom is 0.417 e. The predicted octanol–water partition coefficient (Wildman–Crippen LogP) is 4.16. The fourth-order valence-corrected chi connectivity index (χ4v) is 2.21. The Bertz CT molecular complexity index is 729. The van der Waals surface area contributed by atoms with Crippen LogP contribution < -0.4 is 10.9 Å². The number of pyridine rings is 1. The van der Waals surface area contributed by atoms with Crippen LogP contribution in [0.25, 0.3) is 5.69 Å². The lowest BCUT2D eigenvalue weighted by Crippen LogP contribution is -2.20. The van der Waals surface area contributed by atoms with Gasteiger partial charge >= 0.3 is 6.18 Å². The van der Waals surface area contributed by atoms with E-state index in [4.69, 9.17) is 23.2 Å². The van der Waals surface area contributed by atoms with Gasteiger partial charge in [0.05, 0.1) is 16.3 Å². The number of hydrogen-bond donors (Lipinski definition) is 1. The van der Waals surface area contributed by atoms with Crippen molar-refractivity contribution >= 4 is 28.9 Å². The second-order valence-corrected chi connectivity index (χ2v) is 5.19. The normalized spacial score (nSPS) is 11.5. The van der Waals surface area contributed by atoms with Gasteiger partial charge in [0, 0.05) is 30.4 Å². The van der Waals surface area contributed by atoms with E-state index >= 15 is 0 Å². The Balaban J connectivity index is 2.46. The van der Waals surface area contributed by atoms with E-state index in [1.807, 2.05) is 0 Å². The molecule has 0 aliphatic heterocycles. The highest BCUT2D eigenvalue weighted by atomic mass is 35.5. The van der Waals surface area contributed by atoms with Crippen molar-refractivity contribution in [3.8, 4) is 5.69 Å². The van der Waals surface area contributed by atoms with Gasteiger partial charge in [0.15, 0.2) is 0 Å². The van der Waals surface area contributed by atoms with Crippen LogP contribution in [0.2, 0.25) is 5.02 Å². The zero-order chi connectivity index (χ0) is 16.3. The predicted molar refractivity (Wildman–Crippen MR) is 81.3 cm³/mol. The molecule has 3 nitrogen and oxygen atoms in total. The van der Waals surface area contributed by atoms with Crippen LogP contribution in [0.4, 0.5) is 18.9 Å². The van der Waals surface area contributed by atoms with Gasteiger partial charge in [-0.25, -0.2) is 0 Å². The summed E-state index contributed by atoms with van der Waals surface area (Å²) in [5.74, 6) is 0.395. The van der Waals surface area contributed by atoms with Crippen molar-refractivity contribution < 1.29 is 13.2 Å². The Labute approximate surface area is 134 Å². The van der Waals surface area contributed by atoms with Crippen LogP contribution in [0.3, 0.4) is 0 Å². The molecule has 0 fully saturated rings. The number of alkyl halides is 4. The number of hydrogen-bond acceptors (Lipinski definition) is 2. The third-order valence-electron chi connectivity index (χ3n) is 2.87. The molecule has 8 heteroatoms. The minimum absolute atomic E-state index is 0.154. The van der Waals surface area contributed by atoms with E-state index in [0.29, 0.717) is 18.1 Å². The minimum Gasteiger partial charge on any atom is -0.384 e. The maximum absolute atomic E-state index is 12.7. The van der Waals surface area contributed by atoms with Crippen molar-refractivity contribution in [2.45, 2.75) is 6.18 Å². The molecule has 22 heavy (non-hydrogen) atoms. The number of nitrogens with zero attached hydrogens (tertiary/aromatic N) is 1. The SMILES string of the molecule is O=c1ccc(C(F)(F)F)cn1-c1ccc(NCCCl)cc1Cl. The van der Waals surface area contributed by atoms with Gasteiger partial charge in [-0.1, -0.05) is 11.6 Å². The van der Waals surface area contributed by atoms with Crippen molar-refractivity contribution in [3.63, 3.8) is 0 Å². The van der Waals surface area contributed by atoms with Crippen LogP contribution in [0, 0.1) is 0 Å². The second-order valence-electron chi connectivity index (χ2n) is 4.41. The van der Waals surface area contributed by atoms with Gasteiger partial charge in [-0.2, -0.15) is 13.2 Å². The molecule has 0 unspecified atom stereocenters. The average Bonchev–Trinajstić information content (AvgIpc) is 2.45. The molecule has 1 aromatic carbocycles. The first-order chi connectivity index (χ1) is 10.3. The van der Waals surface area contributed by atoms with Gasteiger partial charge in [0.1, 0.15) is 0 Å². The highest BCUT2D eigenvalue weighted by Crippen LogP contribution is 2.30. The molecule has 0 spiro atoms. The quantitative estimate of drug-likeness (QED) is 0.840. The highest BCUT2D eigenvalue weighted by Gasteiger charge is 2.31. The van der Waals surface area contributed by atoms with Crippen molar-refractivity contribution in [1.29, 1.82) is 0 Å². The Morgan fingerprint density at radius 1 is 1.18 bits per heavy atom. The first-order valence-corrected chi connectivity index (χ1v) is 7.14. The van der Waals surface area contributed by atoms with E-state index in [-0.39, 0.29) is 10.7 Å². The molecular weight excluding hydrogens is 340 g/mol. The summed E-state index contributed by atoms with van der Waals surface area (Å²) in [6, 6.07) is 6.21. The van der Waals surface area contributed by atoms with Crippen molar-refractivity contribution in [1.82, 2.24) is 4.57 Å². The fourth-order valence-electron chi connectivity index (χ4n) is 1.85. The Morgan fingerprint density at radius 3 is 2.50 bits per heavy atom. The van der Waals surface area contributed by atoms with Crippen molar-refractivity contribution in [3.05, 3.63) is 57.5 Å². The number of benzene rings is 1. The maximum atomic E-state index is 12.7. The van der Waals surface area contributed by atoms with Gasteiger partial charge in [0.2, 0.25) is 0 Å². The van der Waals surface area contributed by atoms with E-state index in [2.05, 4.69) is 5.32 Å². The van der Waals surface area contributed by atoms with E-state index in [1.165, 1.54) is 12.1 Å². The first-order valence-electron chi connectivity index (χ1n) is 6.22. The van der Waals surface area contributed by atoms with E-state index in [1.54, 1.807) is 6.07 Å². The Kier molecular flexibility index (Phi) is 5.03. The molecule has 0 atom stereocenters. The molecular formula is C14H11Cl2F3N2O. The standard InChI is InChI=1S/C14H11Cl2F3N2O/c15-5-6-20-10-2-3-12(11(16)7-10)21-8-9(14(17,18)19)1-4-13(21)22/h1-4,7-8,20H,5-6H2. The summed E-state index contributed by atoms with van der Waals surface area (Å²) in [4.78, 5) is 11.8. The topological polar surface area (TPSA) is 34.0 Å². The van der Waals surface area contributed by atoms with Crippen LogP contribution in [-0.4, -0.2) is 17.0 Å². The Hall–Kier alpha value is -1.66. The third-order valence-corrected chi connectivity index (χ3v) is 3.36. The summed E-state index contributed by atoms with van der Waals surface area (Å²) in [5, 5.41) is 3.13. The van der Waals surface area contributed by atoms with Gasteiger partial charge < -0.3 is 5.32 Å². The number of rotatable bonds is 4. The third kappa shape index (κ3) is 3.75. The lowest BCUT2D eigenvalue weighted by Gasteiger charge is -2.13. The molecule has 0 bridgehead atoms. The first kappa shape index (κ1) is 16.7. The van der Waals surface area contributed by atoms with Crippen LogP contribution in [0.15, 0.2) is 41.3 Å². The molecule has 0 saturated heterocycles. The number of anilines is 1. The summed E-state index contributed by atoms with van der Waals surface area (Å²) in [7, 11) is 0. The van der Waals surface area contributed by atoms with Crippen molar-refractivity contribution in [2.24, 2.45) is 0 Å². The van der Waals surface area contributed by atoms with E-state index in [9.17, 15) is 18.0 Å². The average molecular weight is 351 g/mol. The summed E-state index contributed by atoms with van der Waals surface area (Å²) in [6.45, 7) is 0.515. The molecule has 0 aliphatic carbocycles.